The van der Waals surface area contributed by atoms with Gasteiger partial charge >= 0.3 is 6.03 Å². The van der Waals surface area contributed by atoms with Crippen LogP contribution in [0.2, 0.25) is 0 Å². The minimum absolute atomic E-state index is 0.389. The minimum Gasteiger partial charge on any atom is -0.391 e. The van der Waals surface area contributed by atoms with E-state index in [1.165, 1.54) is 6.92 Å². The molecule has 4 amide bonds. The van der Waals surface area contributed by atoms with Crippen molar-refractivity contribution >= 4 is 17.8 Å². The molecule has 2 aromatic carbocycles. The van der Waals surface area contributed by atoms with Crippen LogP contribution in [0, 0.1) is 0 Å². The highest BCUT2D eigenvalue weighted by Gasteiger charge is 2.39. The first kappa shape index (κ1) is 17.6. The van der Waals surface area contributed by atoms with E-state index in [2.05, 4.69) is 16.0 Å². The van der Waals surface area contributed by atoms with Crippen LogP contribution < -0.4 is 16.0 Å². The summed E-state index contributed by atoms with van der Waals surface area (Å²) in [6, 6.07) is 14.1. The zero-order chi connectivity index (χ0) is 18.7. The van der Waals surface area contributed by atoms with Crippen LogP contribution in [0.4, 0.5) is 4.79 Å². The van der Waals surface area contributed by atoms with E-state index in [9.17, 15) is 19.5 Å². The summed E-state index contributed by atoms with van der Waals surface area (Å²) in [6.07, 6.45) is -1.03. The molecule has 3 rings (SSSR count). The second kappa shape index (κ2) is 7.37. The molecule has 7 nitrogen and oxygen atoms in total. The van der Waals surface area contributed by atoms with E-state index in [1.807, 2.05) is 42.5 Å². The number of rotatable bonds is 5. The SMILES string of the molecule is CC(O)[C@@H](NC(=O)c1ccc(-c2ccccc2)cc1)C1NC(=O)NC1=O. The molecular weight excluding hydrogens is 334 g/mol. The Hall–Kier alpha value is -3.19. The molecule has 1 aliphatic rings. The lowest BCUT2D eigenvalue weighted by Gasteiger charge is -2.25. The number of benzene rings is 2. The van der Waals surface area contributed by atoms with Gasteiger partial charge in [0.15, 0.2) is 0 Å². The van der Waals surface area contributed by atoms with Gasteiger partial charge in [0.1, 0.15) is 6.04 Å². The molecule has 0 aromatic heterocycles. The first-order valence-electron chi connectivity index (χ1n) is 8.21. The molecule has 0 spiro atoms. The third-order valence-electron chi connectivity index (χ3n) is 4.24. The summed E-state index contributed by atoms with van der Waals surface area (Å²) in [7, 11) is 0. The van der Waals surface area contributed by atoms with Crippen LogP contribution in [-0.2, 0) is 4.79 Å². The first-order chi connectivity index (χ1) is 12.5. The molecule has 7 heteroatoms. The number of hydrogen-bond donors (Lipinski definition) is 4. The molecule has 0 radical (unpaired) electrons. The van der Waals surface area contributed by atoms with E-state index in [1.54, 1.807) is 12.1 Å². The minimum atomic E-state index is -1.03. The van der Waals surface area contributed by atoms with E-state index in [-0.39, 0.29) is 0 Å². The average Bonchev–Trinajstić information content (AvgIpc) is 2.98. The number of nitrogens with one attached hydrogen (secondary N) is 3. The maximum atomic E-state index is 12.5. The molecule has 134 valence electrons. The number of aliphatic hydroxyl groups excluding tert-OH is 1. The lowest BCUT2D eigenvalue weighted by Crippen LogP contribution is -2.56. The molecule has 0 bridgehead atoms. The molecule has 2 unspecified atom stereocenters. The van der Waals surface area contributed by atoms with Crippen molar-refractivity contribution in [3.8, 4) is 11.1 Å². The normalized spacial score (nSPS) is 18.6. The van der Waals surface area contributed by atoms with E-state index >= 15 is 0 Å². The molecule has 1 heterocycles. The van der Waals surface area contributed by atoms with Gasteiger partial charge in [-0.2, -0.15) is 0 Å². The fourth-order valence-electron chi connectivity index (χ4n) is 2.85. The molecule has 0 saturated carbocycles. The molecule has 1 saturated heterocycles. The van der Waals surface area contributed by atoms with Gasteiger partial charge in [0.25, 0.3) is 11.8 Å². The first-order valence-corrected chi connectivity index (χ1v) is 8.21. The summed E-state index contributed by atoms with van der Waals surface area (Å²) in [6.45, 7) is 1.45. The summed E-state index contributed by atoms with van der Waals surface area (Å²) in [4.78, 5) is 35.6. The number of imide groups is 1. The van der Waals surface area contributed by atoms with E-state index in [4.69, 9.17) is 0 Å². The molecule has 0 aliphatic carbocycles. The van der Waals surface area contributed by atoms with Crippen LogP contribution in [0.3, 0.4) is 0 Å². The highest BCUT2D eigenvalue weighted by Crippen LogP contribution is 2.19. The lowest BCUT2D eigenvalue weighted by atomic mass is 10.0. The Morgan fingerprint density at radius 1 is 1.04 bits per heavy atom. The van der Waals surface area contributed by atoms with Gasteiger partial charge in [0.2, 0.25) is 0 Å². The molecule has 2 aromatic rings. The number of amides is 4. The highest BCUT2D eigenvalue weighted by atomic mass is 16.3. The monoisotopic (exact) mass is 353 g/mol. The number of carbonyl (C=O) groups excluding carboxylic acids is 3. The third-order valence-corrected chi connectivity index (χ3v) is 4.24. The van der Waals surface area contributed by atoms with Crippen LogP contribution in [0.25, 0.3) is 11.1 Å². The van der Waals surface area contributed by atoms with Gasteiger partial charge < -0.3 is 15.7 Å². The standard InChI is InChI=1S/C19H19N3O4/c1-11(23)15(16-18(25)22-19(26)21-16)20-17(24)14-9-7-13(8-10-14)12-5-3-2-4-6-12/h2-11,15-16,23H,1H3,(H,20,24)(H2,21,22,25,26)/t11?,15-,16?/m1/s1. The number of aliphatic hydroxyl groups is 1. The highest BCUT2D eigenvalue weighted by molar-refractivity contribution is 6.05. The molecule has 26 heavy (non-hydrogen) atoms. The van der Waals surface area contributed by atoms with Gasteiger partial charge in [-0.25, -0.2) is 4.79 Å². The Morgan fingerprint density at radius 2 is 1.65 bits per heavy atom. The van der Waals surface area contributed by atoms with Crippen molar-refractivity contribution in [2.24, 2.45) is 0 Å². The van der Waals surface area contributed by atoms with Gasteiger partial charge in [0.05, 0.1) is 12.1 Å². The quantitative estimate of drug-likeness (QED) is 0.603. The number of urea groups is 1. The summed E-state index contributed by atoms with van der Waals surface area (Å²) < 4.78 is 0. The van der Waals surface area contributed by atoms with Crippen molar-refractivity contribution in [1.29, 1.82) is 0 Å². The van der Waals surface area contributed by atoms with Crippen LogP contribution in [0.5, 0.6) is 0 Å². The van der Waals surface area contributed by atoms with Crippen LogP contribution in [0.15, 0.2) is 54.6 Å². The largest absolute Gasteiger partial charge is 0.391 e. The zero-order valence-corrected chi connectivity index (χ0v) is 14.1. The maximum absolute atomic E-state index is 12.5. The summed E-state index contributed by atoms with van der Waals surface area (Å²) in [5.74, 6) is -1.02. The van der Waals surface area contributed by atoms with Gasteiger partial charge in [-0.3, -0.25) is 14.9 Å². The second-order valence-electron chi connectivity index (χ2n) is 6.12. The molecular formula is C19H19N3O4. The maximum Gasteiger partial charge on any atom is 0.322 e. The third kappa shape index (κ3) is 3.73. The number of carbonyl (C=O) groups is 3. The predicted molar refractivity (Wildman–Crippen MR) is 95.3 cm³/mol. The van der Waals surface area contributed by atoms with Crippen molar-refractivity contribution in [2.45, 2.75) is 25.1 Å². The fraction of sp³-hybridized carbons (Fsp3) is 0.211. The number of hydrogen-bond acceptors (Lipinski definition) is 4. The Kier molecular flexibility index (Phi) is 4.99. The van der Waals surface area contributed by atoms with Gasteiger partial charge in [-0.15, -0.1) is 0 Å². The molecule has 4 N–H and O–H groups in total. The van der Waals surface area contributed by atoms with E-state index < -0.39 is 36.0 Å². The van der Waals surface area contributed by atoms with Crippen molar-refractivity contribution in [3.63, 3.8) is 0 Å². The van der Waals surface area contributed by atoms with Crippen molar-refractivity contribution in [2.75, 3.05) is 0 Å². The van der Waals surface area contributed by atoms with Crippen molar-refractivity contribution in [3.05, 3.63) is 60.2 Å². The topological polar surface area (TPSA) is 108 Å². The fourth-order valence-corrected chi connectivity index (χ4v) is 2.85. The Labute approximate surface area is 150 Å². The average molecular weight is 353 g/mol. The zero-order valence-electron chi connectivity index (χ0n) is 14.1. The van der Waals surface area contributed by atoms with Crippen molar-refractivity contribution in [1.82, 2.24) is 16.0 Å². The van der Waals surface area contributed by atoms with Gasteiger partial charge in [-0.1, -0.05) is 42.5 Å². The van der Waals surface area contributed by atoms with Crippen LogP contribution in [-0.4, -0.2) is 41.1 Å². The molecule has 1 fully saturated rings. The van der Waals surface area contributed by atoms with Crippen molar-refractivity contribution < 1.29 is 19.5 Å². The van der Waals surface area contributed by atoms with Crippen LogP contribution >= 0.6 is 0 Å². The molecule has 1 aliphatic heterocycles. The van der Waals surface area contributed by atoms with Crippen LogP contribution in [0.1, 0.15) is 17.3 Å². The summed E-state index contributed by atoms with van der Waals surface area (Å²) in [5.41, 5.74) is 2.39. The Balaban J connectivity index is 1.74. The summed E-state index contributed by atoms with van der Waals surface area (Å²) in [5, 5.41) is 17.0. The van der Waals surface area contributed by atoms with E-state index in [0.29, 0.717) is 5.56 Å². The lowest BCUT2D eigenvalue weighted by molar-refractivity contribution is -0.121. The Morgan fingerprint density at radius 3 is 2.19 bits per heavy atom. The smallest absolute Gasteiger partial charge is 0.322 e. The molecule has 3 atom stereocenters. The Bertz CT molecular complexity index is 818. The van der Waals surface area contributed by atoms with E-state index in [0.717, 1.165) is 11.1 Å². The van der Waals surface area contributed by atoms with Gasteiger partial charge in [-0.05, 0) is 30.2 Å². The second-order valence-corrected chi connectivity index (χ2v) is 6.12. The van der Waals surface area contributed by atoms with Gasteiger partial charge in [0, 0.05) is 5.56 Å². The predicted octanol–water partition coefficient (Wildman–Crippen LogP) is 1.04. The summed E-state index contributed by atoms with van der Waals surface area (Å²) >= 11 is 0.